The first kappa shape index (κ1) is 33.9. The summed E-state index contributed by atoms with van der Waals surface area (Å²) in [5.74, 6) is 2.36. The molecule has 0 amide bonds. The van der Waals surface area contributed by atoms with E-state index in [0.717, 1.165) is 67.1 Å². The molecule has 11 aromatic rings. The van der Waals surface area contributed by atoms with Crippen LogP contribution < -0.4 is 4.74 Å². The van der Waals surface area contributed by atoms with E-state index in [2.05, 4.69) is 179 Å². The van der Waals surface area contributed by atoms with Crippen molar-refractivity contribution in [3.05, 3.63) is 188 Å². The van der Waals surface area contributed by atoms with Crippen LogP contribution in [-0.4, -0.2) is 23.7 Å². The number of imidazole rings is 1. The summed E-state index contributed by atoms with van der Waals surface area (Å²) in [6, 6.07) is 60.0. The van der Waals surface area contributed by atoms with Crippen LogP contribution in [0.15, 0.2) is 182 Å². The SMILES string of the molecule is CC(C)(C)c1ccnc(-n2c3ccc(-c4cccc5c6ccccc6n(-c6ccccc6)c45)cc3c3ccc(Oc4cccc(-n5cnc6ccccc65)c4)cc32)c1. The predicted molar refractivity (Wildman–Crippen MR) is 238 cm³/mol. The molecule has 0 bridgehead atoms. The largest absolute Gasteiger partial charge is 0.457 e. The van der Waals surface area contributed by atoms with Gasteiger partial charge in [0.05, 0.1) is 38.8 Å². The van der Waals surface area contributed by atoms with Gasteiger partial charge < -0.3 is 9.30 Å². The zero-order valence-electron chi connectivity index (χ0n) is 32.5. The Balaban J connectivity index is 1.09. The zero-order valence-corrected chi connectivity index (χ0v) is 32.5. The summed E-state index contributed by atoms with van der Waals surface area (Å²) in [7, 11) is 0. The third kappa shape index (κ3) is 5.48. The van der Waals surface area contributed by atoms with Crippen LogP contribution >= 0.6 is 0 Å². The Hall–Kier alpha value is -7.44. The molecule has 0 saturated heterocycles. The van der Waals surface area contributed by atoms with Gasteiger partial charge in [0, 0.05) is 51.1 Å². The number of hydrogen-bond acceptors (Lipinski definition) is 3. The molecule has 0 aliphatic heterocycles. The zero-order chi connectivity index (χ0) is 39.0. The monoisotopic (exact) mass is 749 g/mol. The van der Waals surface area contributed by atoms with E-state index in [1.807, 2.05) is 42.9 Å². The summed E-state index contributed by atoms with van der Waals surface area (Å²) in [6.07, 6.45) is 3.79. The number of nitrogens with zero attached hydrogens (tertiary/aromatic N) is 5. The summed E-state index contributed by atoms with van der Waals surface area (Å²) in [6.45, 7) is 6.73. The second kappa shape index (κ2) is 13.1. The lowest BCUT2D eigenvalue weighted by Gasteiger charge is -2.20. The first-order valence-electron chi connectivity index (χ1n) is 19.7. The molecule has 7 aromatic carbocycles. The fourth-order valence-electron chi connectivity index (χ4n) is 8.58. The smallest absolute Gasteiger partial charge is 0.137 e. The van der Waals surface area contributed by atoms with E-state index in [4.69, 9.17) is 9.72 Å². The van der Waals surface area contributed by atoms with Crippen LogP contribution in [0, 0.1) is 0 Å². The van der Waals surface area contributed by atoms with E-state index in [1.165, 1.54) is 32.9 Å². The minimum Gasteiger partial charge on any atom is -0.457 e. The van der Waals surface area contributed by atoms with Crippen LogP contribution in [0.3, 0.4) is 0 Å². The molecule has 4 aromatic heterocycles. The second-order valence-corrected chi connectivity index (χ2v) is 16.0. The molecule has 278 valence electrons. The molecule has 4 heterocycles. The van der Waals surface area contributed by atoms with E-state index in [0.29, 0.717) is 0 Å². The van der Waals surface area contributed by atoms with Crippen molar-refractivity contribution in [2.45, 2.75) is 26.2 Å². The van der Waals surface area contributed by atoms with Gasteiger partial charge in [-0.3, -0.25) is 9.13 Å². The van der Waals surface area contributed by atoms with Gasteiger partial charge in [0.2, 0.25) is 0 Å². The number of hydrogen-bond donors (Lipinski definition) is 0. The van der Waals surface area contributed by atoms with Crippen LogP contribution in [0.1, 0.15) is 26.3 Å². The molecule has 0 spiro atoms. The molecule has 0 unspecified atom stereocenters. The molecule has 0 aliphatic rings. The number of benzene rings is 7. The number of ether oxygens (including phenoxy) is 1. The number of pyridine rings is 1. The van der Waals surface area contributed by atoms with Crippen LogP contribution in [-0.2, 0) is 5.41 Å². The summed E-state index contributed by atoms with van der Waals surface area (Å²) < 4.78 is 13.4. The third-order valence-electron chi connectivity index (χ3n) is 11.4. The average molecular weight is 750 g/mol. The number of para-hydroxylation sites is 5. The van der Waals surface area contributed by atoms with Gasteiger partial charge in [0.25, 0.3) is 0 Å². The highest BCUT2D eigenvalue weighted by atomic mass is 16.5. The Kier molecular flexibility index (Phi) is 7.63. The standard InChI is InChI=1S/C52H39N5O/c1-52(2,3)35-27-28-53-50(30-35)57-47-26-23-34(40-18-12-19-43-41-17-7-9-21-46(41)56(51(40)43)36-13-5-4-6-14-36)29-44(47)42-25-24-39(32-49(42)57)58-38-16-11-15-37(31-38)55-33-54-45-20-8-10-22-48(45)55/h4-33H,1-3H3. The molecule has 6 nitrogen and oxygen atoms in total. The quantitative estimate of drug-likeness (QED) is 0.170. The van der Waals surface area contributed by atoms with E-state index in [9.17, 15) is 0 Å². The van der Waals surface area contributed by atoms with Gasteiger partial charge in [-0.2, -0.15) is 0 Å². The molecular formula is C52H39N5O. The second-order valence-electron chi connectivity index (χ2n) is 16.0. The Labute approximate surface area is 335 Å². The fourth-order valence-corrected chi connectivity index (χ4v) is 8.58. The molecule has 0 radical (unpaired) electrons. The Morgan fingerprint density at radius 2 is 1.21 bits per heavy atom. The average Bonchev–Trinajstić information content (AvgIpc) is 3.94. The minimum absolute atomic E-state index is 0.0423. The topological polar surface area (TPSA) is 49.8 Å². The molecular weight excluding hydrogens is 711 g/mol. The summed E-state index contributed by atoms with van der Waals surface area (Å²) in [5.41, 5.74) is 12.1. The molecule has 0 fully saturated rings. The van der Waals surface area contributed by atoms with E-state index < -0.39 is 0 Å². The predicted octanol–water partition coefficient (Wildman–Crippen LogP) is 13.4. The van der Waals surface area contributed by atoms with Gasteiger partial charge in [-0.25, -0.2) is 9.97 Å². The lowest BCUT2D eigenvalue weighted by molar-refractivity contribution is 0.483. The molecule has 0 saturated carbocycles. The van der Waals surface area contributed by atoms with Crippen molar-refractivity contribution in [2.75, 3.05) is 0 Å². The number of rotatable bonds is 6. The van der Waals surface area contributed by atoms with Crippen LogP contribution in [0.4, 0.5) is 0 Å². The highest BCUT2D eigenvalue weighted by molar-refractivity contribution is 6.15. The highest BCUT2D eigenvalue weighted by Crippen LogP contribution is 2.42. The van der Waals surface area contributed by atoms with Gasteiger partial charge >= 0.3 is 0 Å². The maximum absolute atomic E-state index is 6.66. The van der Waals surface area contributed by atoms with E-state index in [1.54, 1.807) is 0 Å². The summed E-state index contributed by atoms with van der Waals surface area (Å²) >= 11 is 0. The Morgan fingerprint density at radius 3 is 2.09 bits per heavy atom. The van der Waals surface area contributed by atoms with Gasteiger partial charge in [-0.05, 0) is 95.4 Å². The summed E-state index contributed by atoms with van der Waals surface area (Å²) in [5, 5.41) is 4.74. The van der Waals surface area contributed by atoms with Gasteiger partial charge in [0.1, 0.15) is 23.6 Å². The molecule has 6 heteroatoms. The highest BCUT2D eigenvalue weighted by Gasteiger charge is 2.21. The molecule has 58 heavy (non-hydrogen) atoms. The van der Waals surface area contributed by atoms with Crippen LogP contribution in [0.5, 0.6) is 11.5 Å². The van der Waals surface area contributed by atoms with Crippen molar-refractivity contribution >= 4 is 54.6 Å². The van der Waals surface area contributed by atoms with Crippen LogP contribution in [0.25, 0.3) is 83.0 Å². The lowest BCUT2D eigenvalue weighted by Crippen LogP contribution is -2.12. The lowest BCUT2D eigenvalue weighted by atomic mass is 9.88. The molecule has 0 N–H and O–H groups in total. The summed E-state index contributed by atoms with van der Waals surface area (Å²) in [4.78, 5) is 9.58. The first-order valence-corrected chi connectivity index (χ1v) is 19.7. The Morgan fingerprint density at radius 1 is 0.483 bits per heavy atom. The first-order chi connectivity index (χ1) is 28.4. The van der Waals surface area contributed by atoms with Crippen LogP contribution in [0.2, 0.25) is 0 Å². The molecule has 0 atom stereocenters. The van der Waals surface area contributed by atoms with Crippen molar-refractivity contribution in [3.63, 3.8) is 0 Å². The van der Waals surface area contributed by atoms with Gasteiger partial charge in [-0.1, -0.05) is 99.6 Å². The number of aromatic nitrogens is 5. The van der Waals surface area contributed by atoms with Gasteiger partial charge in [0.15, 0.2) is 0 Å². The fraction of sp³-hybridized carbons (Fsp3) is 0.0769. The van der Waals surface area contributed by atoms with Crippen molar-refractivity contribution in [1.82, 2.24) is 23.7 Å². The van der Waals surface area contributed by atoms with Crippen molar-refractivity contribution in [2.24, 2.45) is 0 Å². The molecule has 0 aliphatic carbocycles. The van der Waals surface area contributed by atoms with Crippen molar-refractivity contribution in [1.29, 1.82) is 0 Å². The maximum Gasteiger partial charge on any atom is 0.137 e. The molecule has 11 rings (SSSR count). The van der Waals surface area contributed by atoms with Crippen molar-refractivity contribution in [3.8, 4) is 39.8 Å². The Bertz CT molecular complexity index is 3360. The minimum atomic E-state index is -0.0423. The normalized spacial score (nSPS) is 12.1. The van der Waals surface area contributed by atoms with Crippen molar-refractivity contribution < 1.29 is 4.74 Å². The third-order valence-corrected chi connectivity index (χ3v) is 11.4. The van der Waals surface area contributed by atoms with E-state index >= 15 is 0 Å². The number of fused-ring (bicyclic) bond motifs is 7. The van der Waals surface area contributed by atoms with E-state index in [-0.39, 0.29) is 5.41 Å². The maximum atomic E-state index is 6.66. The van der Waals surface area contributed by atoms with Gasteiger partial charge in [-0.15, -0.1) is 0 Å².